The zero-order valence-electron chi connectivity index (χ0n) is 13.4. The lowest BCUT2D eigenvalue weighted by Gasteiger charge is -2.42. The Morgan fingerprint density at radius 2 is 2.14 bits per heavy atom. The Bertz CT molecular complexity index is 380. The number of ether oxygens (including phenoxy) is 1. The van der Waals surface area contributed by atoms with Gasteiger partial charge in [-0.2, -0.15) is 0 Å². The summed E-state index contributed by atoms with van der Waals surface area (Å²) in [6, 6.07) is -0.705. The third-order valence-electron chi connectivity index (χ3n) is 4.69. The molecule has 1 N–H and O–H groups in total. The second-order valence-corrected chi connectivity index (χ2v) is 6.31. The maximum Gasteiger partial charge on any atom is 0.245 e. The van der Waals surface area contributed by atoms with Crippen LogP contribution in [0.1, 0.15) is 52.9 Å². The molecule has 120 valence electrons. The van der Waals surface area contributed by atoms with E-state index < -0.39 is 0 Å². The number of rotatable bonds is 6. The van der Waals surface area contributed by atoms with Crippen molar-refractivity contribution in [3.8, 4) is 0 Å². The summed E-state index contributed by atoms with van der Waals surface area (Å²) < 4.78 is 5.67. The molecule has 2 rings (SSSR count). The molecule has 21 heavy (non-hydrogen) atoms. The Balaban J connectivity index is 2.16. The Kier molecular flexibility index (Phi) is 5.62. The fourth-order valence-electron chi connectivity index (χ4n) is 3.28. The first-order chi connectivity index (χ1) is 10.1. The summed E-state index contributed by atoms with van der Waals surface area (Å²) >= 11 is 0. The average Bonchev–Trinajstić information content (AvgIpc) is 2.97. The summed E-state index contributed by atoms with van der Waals surface area (Å²) in [5.41, 5.74) is 0. The maximum atomic E-state index is 12.7. The van der Waals surface area contributed by atoms with Gasteiger partial charge in [-0.3, -0.25) is 9.59 Å². The quantitative estimate of drug-likeness (QED) is 0.812. The summed E-state index contributed by atoms with van der Waals surface area (Å²) in [5.74, 6) is 0.232. The van der Waals surface area contributed by atoms with Gasteiger partial charge in [0, 0.05) is 13.2 Å². The Labute approximate surface area is 127 Å². The van der Waals surface area contributed by atoms with Crippen LogP contribution in [0.25, 0.3) is 0 Å². The van der Waals surface area contributed by atoms with E-state index in [9.17, 15) is 9.59 Å². The summed E-state index contributed by atoms with van der Waals surface area (Å²) in [6.45, 7) is 7.46. The number of amides is 2. The number of nitrogens with zero attached hydrogens (tertiary/aromatic N) is 1. The van der Waals surface area contributed by atoms with Gasteiger partial charge in [-0.15, -0.1) is 0 Å². The molecule has 0 aromatic carbocycles. The highest BCUT2D eigenvalue weighted by Gasteiger charge is 2.43. The van der Waals surface area contributed by atoms with Crippen LogP contribution >= 0.6 is 0 Å². The number of hydrogen-bond donors (Lipinski definition) is 1. The lowest BCUT2D eigenvalue weighted by atomic mass is 9.92. The van der Waals surface area contributed by atoms with E-state index in [4.69, 9.17) is 4.74 Å². The zero-order chi connectivity index (χ0) is 15.4. The zero-order valence-corrected chi connectivity index (χ0v) is 13.4. The van der Waals surface area contributed by atoms with Crippen molar-refractivity contribution in [1.29, 1.82) is 0 Å². The van der Waals surface area contributed by atoms with Crippen LogP contribution in [0.3, 0.4) is 0 Å². The molecule has 0 bridgehead atoms. The van der Waals surface area contributed by atoms with Crippen LogP contribution in [0.2, 0.25) is 0 Å². The monoisotopic (exact) mass is 296 g/mol. The van der Waals surface area contributed by atoms with Gasteiger partial charge in [0.2, 0.25) is 11.8 Å². The van der Waals surface area contributed by atoms with Gasteiger partial charge in [0.05, 0.1) is 6.10 Å². The molecule has 0 aromatic heterocycles. The molecule has 0 saturated carbocycles. The number of carbonyl (C=O) groups excluding carboxylic acids is 2. The Morgan fingerprint density at radius 3 is 2.71 bits per heavy atom. The molecule has 5 heteroatoms. The predicted octanol–water partition coefficient (Wildman–Crippen LogP) is 1.71. The molecule has 0 aliphatic carbocycles. The van der Waals surface area contributed by atoms with E-state index in [1.165, 1.54) is 0 Å². The molecule has 2 amide bonds. The molecule has 4 unspecified atom stereocenters. The molecule has 2 fully saturated rings. The lowest BCUT2D eigenvalue weighted by molar-refractivity contribution is -0.153. The topological polar surface area (TPSA) is 58.6 Å². The number of piperazine rings is 1. The molecule has 0 radical (unpaired) electrons. The SMILES string of the molecule is CCCC1NC(=O)C(C(C)CC)N(CC2CCCO2)C1=O. The van der Waals surface area contributed by atoms with E-state index >= 15 is 0 Å². The van der Waals surface area contributed by atoms with Gasteiger partial charge in [-0.1, -0.05) is 33.6 Å². The third kappa shape index (κ3) is 3.57. The molecule has 0 spiro atoms. The number of nitrogens with one attached hydrogen (secondary N) is 1. The van der Waals surface area contributed by atoms with Crippen LogP contribution in [-0.4, -0.2) is 48.1 Å². The minimum atomic E-state index is -0.357. The largest absolute Gasteiger partial charge is 0.376 e. The van der Waals surface area contributed by atoms with Crippen LogP contribution in [0.5, 0.6) is 0 Å². The summed E-state index contributed by atoms with van der Waals surface area (Å²) in [7, 11) is 0. The maximum absolute atomic E-state index is 12.7. The van der Waals surface area contributed by atoms with Crippen LogP contribution < -0.4 is 5.32 Å². The summed E-state index contributed by atoms with van der Waals surface area (Å²) in [6.07, 6.45) is 4.60. The first kappa shape index (κ1) is 16.3. The molecule has 2 aliphatic heterocycles. The van der Waals surface area contributed by atoms with Gasteiger partial charge in [-0.25, -0.2) is 0 Å². The second-order valence-electron chi connectivity index (χ2n) is 6.31. The molecular weight excluding hydrogens is 268 g/mol. The highest BCUT2D eigenvalue weighted by Crippen LogP contribution is 2.24. The van der Waals surface area contributed by atoms with Crippen molar-refractivity contribution in [3.05, 3.63) is 0 Å². The van der Waals surface area contributed by atoms with Crippen LogP contribution in [-0.2, 0) is 14.3 Å². The second kappa shape index (κ2) is 7.25. The third-order valence-corrected chi connectivity index (χ3v) is 4.69. The van der Waals surface area contributed by atoms with Crippen molar-refractivity contribution in [3.63, 3.8) is 0 Å². The van der Waals surface area contributed by atoms with E-state index in [1.54, 1.807) is 4.90 Å². The molecule has 2 heterocycles. The standard InChI is InChI=1S/C16H28N2O3/c1-4-7-13-16(20)18(10-12-8-6-9-21-12)14(11(3)5-2)15(19)17-13/h11-14H,4-10H2,1-3H3,(H,17,19). The van der Waals surface area contributed by atoms with E-state index in [2.05, 4.69) is 12.2 Å². The number of hydrogen-bond acceptors (Lipinski definition) is 3. The molecule has 5 nitrogen and oxygen atoms in total. The van der Waals surface area contributed by atoms with Crippen molar-refractivity contribution in [2.24, 2.45) is 5.92 Å². The Morgan fingerprint density at radius 1 is 1.38 bits per heavy atom. The Hall–Kier alpha value is -1.10. The van der Waals surface area contributed by atoms with Crippen molar-refractivity contribution in [2.75, 3.05) is 13.2 Å². The van der Waals surface area contributed by atoms with Crippen molar-refractivity contribution >= 4 is 11.8 Å². The van der Waals surface area contributed by atoms with Gasteiger partial charge in [-0.05, 0) is 25.2 Å². The fraction of sp³-hybridized carbons (Fsp3) is 0.875. The van der Waals surface area contributed by atoms with Crippen LogP contribution in [0, 0.1) is 5.92 Å². The first-order valence-electron chi connectivity index (χ1n) is 8.30. The lowest BCUT2D eigenvalue weighted by Crippen LogP contribution is -2.66. The highest BCUT2D eigenvalue weighted by atomic mass is 16.5. The van der Waals surface area contributed by atoms with E-state index in [1.807, 2.05) is 13.8 Å². The normalized spacial score (nSPS) is 31.4. The smallest absolute Gasteiger partial charge is 0.245 e. The van der Waals surface area contributed by atoms with Crippen molar-refractivity contribution in [1.82, 2.24) is 10.2 Å². The van der Waals surface area contributed by atoms with Crippen molar-refractivity contribution in [2.45, 2.75) is 71.1 Å². The van der Waals surface area contributed by atoms with Crippen LogP contribution in [0.4, 0.5) is 0 Å². The highest BCUT2D eigenvalue weighted by molar-refractivity contribution is 5.97. The van der Waals surface area contributed by atoms with Gasteiger partial charge < -0.3 is 15.0 Å². The molecule has 4 atom stereocenters. The number of carbonyl (C=O) groups is 2. The minimum absolute atomic E-state index is 0.000368. The van der Waals surface area contributed by atoms with E-state index in [-0.39, 0.29) is 35.9 Å². The predicted molar refractivity (Wildman–Crippen MR) is 80.8 cm³/mol. The molecule has 2 aliphatic rings. The molecule has 2 saturated heterocycles. The van der Waals surface area contributed by atoms with Gasteiger partial charge >= 0.3 is 0 Å². The first-order valence-corrected chi connectivity index (χ1v) is 8.30. The fourth-order valence-corrected chi connectivity index (χ4v) is 3.28. The van der Waals surface area contributed by atoms with Gasteiger partial charge in [0.15, 0.2) is 0 Å². The molecular formula is C16H28N2O3. The summed E-state index contributed by atoms with van der Waals surface area (Å²) in [4.78, 5) is 27.0. The molecule has 0 aromatic rings. The average molecular weight is 296 g/mol. The van der Waals surface area contributed by atoms with Crippen LogP contribution in [0.15, 0.2) is 0 Å². The summed E-state index contributed by atoms with van der Waals surface area (Å²) in [5, 5.41) is 2.92. The van der Waals surface area contributed by atoms with E-state index in [0.29, 0.717) is 13.0 Å². The van der Waals surface area contributed by atoms with Gasteiger partial charge in [0.1, 0.15) is 12.1 Å². The van der Waals surface area contributed by atoms with Gasteiger partial charge in [0.25, 0.3) is 0 Å². The minimum Gasteiger partial charge on any atom is -0.376 e. The van der Waals surface area contributed by atoms with Crippen molar-refractivity contribution < 1.29 is 14.3 Å². The van der Waals surface area contributed by atoms with E-state index in [0.717, 1.165) is 32.3 Å².